The zero-order valence-corrected chi connectivity index (χ0v) is 17.6. The van der Waals surface area contributed by atoms with Crippen LogP contribution >= 0.6 is 11.8 Å². The number of ether oxygens (including phenoxy) is 3. The van der Waals surface area contributed by atoms with Gasteiger partial charge in [0.25, 0.3) is 0 Å². The summed E-state index contributed by atoms with van der Waals surface area (Å²) in [5, 5.41) is 8.92. The van der Waals surface area contributed by atoms with Crippen molar-refractivity contribution in [2.75, 3.05) is 20.8 Å². The fourth-order valence-electron chi connectivity index (χ4n) is 2.75. The Balaban J connectivity index is 2.09. The van der Waals surface area contributed by atoms with E-state index in [0.29, 0.717) is 29.1 Å². The normalized spacial score (nSPS) is 11.7. The Labute approximate surface area is 174 Å². The monoisotopic (exact) mass is 413 g/mol. The Hall–Kier alpha value is -3.00. The molecule has 1 atom stereocenters. The van der Waals surface area contributed by atoms with Crippen LogP contribution in [0.2, 0.25) is 0 Å². The summed E-state index contributed by atoms with van der Waals surface area (Å²) in [5.41, 5.74) is 1.67. The minimum Gasteiger partial charge on any atom is -0.497 e. The molecule has 8 heteroatoms. The molecular formula is C21H23N3O4S. The SMILES string of the molecule is CCOC(=O)[C@@H](C)Sc1nnc(-c2cc(OC)cc(OC)c2)n1-c1ccccc1. The first-order valence-electron chi connectivity index (χ1n) is 9.15. The minimum atomic E-state index is -0.422. The Kier molecular flexibility index (Phi) is 6.77. The van der Waals surface area contributed by atoms with Gasteiger partial charge in [0, 0.05) is 17.3 Å². The van der Waals surface area contributed by atoms with Gasteiger partial charge in [-0.1, -0.05) is 30.0 Å². The number of carbonyl (C=O) groups excluding carboxylic acids is 1. The van der Waals surface area contributed by atoms with Crippen LogP contribution in [0.4, 0.5) is 0 Å². The van der Waals surface area contributed by atoms with Crippen molar-refractivity contribution in [3.05, 3.63) is 48.5 Å². The molecular weight excluding hydrogens is 390 g/mol. The van der Waals surface area contributed by atoms with Crippen LogP contribution in [0.1, 0.15) is 13.8 Å². The van der Waals surface area contributed by atoms with E-state index >= 15 is 0 Å². The molecule has 7 nitrogen and oxygen atoms in total. The molecule has 0 radical (unpaired) electrons. The van der Waals surface area contributed by atoms with Crippen LogP contribution in [0.5, 0.6) is 11.5 Å². The first-order chi connectivity index (χ1) is 14.1. The van der Waals surface area contributed by atoms with Crippen LogP contribution in [0.15, 0.2) is 53.7 Å². The van der Waals surface area contributed by atoms with Gasteiger partial charge in [0.15, 0.2) is 11.0 Å². The minimum absolute atomic E-state index is 0.287. The smallest absolute Gasteiger partial charge is 0.319 e. The van der Waals surface area contributed by atoms with Gasteiger partial charge in [-0.25, -0.2) is 0 Å². The highest BCUT2D eigenvalue weighted by molar-refractivity contribution is 8.00. The van der Waals surface area contributed by atoms with E-state index in [1.165, 1.54) is 11.8 Å². The summed E-state index contributed by atoms with van der Waals surface area (Å²) in [6, 6.07) is 15.3. The number of rotatable bonds is 8. The van der Waals surface area contributed by atoms with Gasteiger partial charge in [0.05, 0.1) is 20.8 Å². The number of carbonyl (C=O) groups is 1. The summed E-state index contributed by atoms with van der Waals surface area (Å²) in [6.45, 7) is 3.92. The van der Waals surface area contributed by atoms with Gasteiger partial charge in [0.1, 0.15) is 16.7 Å². The Morgan fingerprint density at radius 3 is 2.31 bits per heavy atom. The Morgan fingerprint density at radius 1 is 1.07 bits per heavy atom. The maximum absolute atomic E-state index is 12.1. The molecule has 0 amide bonds. The van der Waals surface area contributed by atoms with Gasteiger partial charge in [-0.15, -0.1) is 10.2 Å². The standard InChI is InChI=1S/C21H23N3O4S/c1-5-28-20(25)14(2)29-21-23-22-19(24(21)16-9-7-6-8-10-16)15-11-17(26-3)13-18(12-15)27-4/h6-14H,5H2,1-4H3/t14-/m1/s1. The lowest BCUT2D eigenvalue weighted by molar-refractivity contribution is -0.142. The number of esters is 1. The molecule has 1 heterocycles. The van der Waals surface area contributed by atoms with E-state index < -0.39 is 5.25 Å². The number of benzene rings is 2. The Morgan fingerprint density at radius 2 is 1.72 bits per heavy atom. The van der Waals surface area contributed by atoms with Crippen LogP contribution in [0.3, 0.4) is 0 Å². The number of thioether (sulfide) groups is 1. The molecule has 0 aliphatic rings. The molecule has 0 saturated carbocycles. The summed E-state index contributed by atoms with van der Waals surface area (Å²) in [4.78, 5) is 12.1. The van der Waals surface area contributed by atoms with Crippen LogP contribution in [0, 0.1) is 0 Å². The topological polar surface area (TPSA) is 75.5 Å². The van der Waals surface area contributed by atoms with Crippen LogP contribution in [-0.4, -0.2) is 46.8 Å². The van der Waals surface area contributed by atoms with E-state index in [2.05, 4.69) is 10.2 Å². The number of methoxy groups -OCH3 is 2. The maximum Gasteiger partial charge on any atom is 0.319 e. The zero-order valence-electron chi connectivity index (χ0n) is 16.8. The number of nitrogens with zero attached hydrogens (tertiary/aromatic N) is 3. The molecule has 0 saturated heterocycles. The molecule has 29 heavy (non-hydrogen) atoms. The van der Waals surface area contributed by atoms with Crippen molar-refractivity contribution in [2.45, 2.75) is 24.3 Å². The summed E-state index contributed by atoms with van der Waals surface area (Å²) in [5.74, 6) is 1.63. The zero-order chi connectivity index (χ0) is 20.8. The van der Waals surface area contributed by atoms with Gasteiger partial charge < -0.3 is 14.2 Å². The predicted molar refractivity (Wildman–Crippen MR) is 112 cm³/mol. The molecule has 0 bridgehead atoms. The highest BCUT2D eigenvalue weighted by Crippen LogP contribution is 2.34. The third kappa shape index (κ3) is 4.71. The van der Waals surface area contributed by atoms with Gasteiger partial charge in [0.2, 0.25) is 0 Å². The van der Waals surface area contributed by atoms with Crippen molar-refractivity contribution in [1.29, 1.82) is 0 Å². The summed E-state index contributed by atoms with van der Waals surface area (Å²) in [7, 11) is 3.20. The lowest BCUT2D eigenvalue weighted by atomic mass is 10.2. The van der Waals surface area contributed by atoms with Crippen molar-refractivity contribution in [3.8, 4) is 28.6 Å². The van der Waals surface area contributed by atoms with Gasteiger partial charge in [-0.05, 0) is 38.1 Å². The maximum atomic E-state index is 12.1. The summed E-state index contributed by atoms with van der Waals surface area (Å²) >= 11 is 1.30. The molecule has 0 aliphatic heterocycles. The van der Waals surface area contributed by atoms with E-state index in [1.54, 1.807) is 34.1 Å². The van der Waals surface area contributed by atoms with Crippen molar-refractivity contribution in [3.63, 3.8) is 0 Å². The van der Waals surface area contributed by atoms with Crippen molar-refractivity contribution in [1.82, 2.24) is 14.8 Å². The van der Waals surface area contributed by atoms with Gasteiger partial charge >= 0.3 is 5.97 Å². The number of hydrogen-bond donors (Lipinski definition) is 0. The molecule has 152 valence electrons. The van der Waals surface area contributed by atoms with Crippen molar-refractivity contribution < 1.29 is 19.0 Å². The van der Waals surface area contributed by atoms with Crippen LogP contribution < -0.4 is 9.47 Å². The fourth-order valence-corrected chi connectivity index (χ4v) is 3.61. The summed E-state index contributed by atoms with van der Waals surface area (Å²) < 4.78 is 17.8. The van der Waals surface area contributed by atoms with Crippen LogP contribution in [-0.2, 0) is 9.53 Å². The first-order valence-corrected chi connectivity index (χ1v) is 10.0. The molecule has 0 N–H and O–H groups in total. The van der Waals surface area contributed by atoms with E-state index in [9.17, 15) is 4.79 Å². The molecule has 2 aromatic carbocycles. The second-order valence-electron chi connectivity index (χ2n) is 6.09. The molecule has 1 aromatic heterocycles. The third-order valence-corrected chi connectivity index (χ3v) is 5.18. The van der Waals surface area contributed by atoms with Gasteiger partial charge in [-0.2, -0.15) is 0 Å². The van der Waals surface area contributed by atoms with Crippen molar-refractivity contribution >= 4 is 17.7 Å². The molecule has 0 unspecified atom stereocenters. The average molecular weight is 413 g/mol. The number of para-hydroxylation sites is 1. The van der Waals surface area contributed by atoms with Gasteiger partial charge in [-0.3, -0.25) is 9.36 Å². The summed E-state index contributed by atoms with van der Waals surface area (Å²) in [6.07, 6.45) is 0. The molecule has 3 aromatic rings. The Bertz CT molecular complexity index is 953. The molecule has 0 fully saturated rings. The van der Waals surface area contributed by atoms with E-state index in [4.69, 9.17) is 14.2 Å². The van der Waals surface area contributed by atoms with Crippen molar-refractivity contribution in [2.24, 2.45) is 0 Å². The quantitative estimate of drug-likeness (QED) is 0.408. The first kappa shape index (κ1) is 20.7. The number of aromatic nitrogens is 3. The fraction of sp³-hybridized carbons (Fsp3) is 0.286. The molecule has 3 rings (SSSR count). The van der Waals surface area contributed by atoms with E-state index in [1.807, 2.05) is 47.0 Å². The number of hydrogen-bond acceptors (Lipinski definition) is 7. The van der Waals surface area contributed by atoms with E-state index in [-0.39, 0.29) is 5.97 Å². The lowest BCUT2D eigenvalue weighted by Crippen LogP contribution is -2.17. The predicted octanol–water partition coefficient (Wildman–Crippen LogP) is 4.00. The molecule has 0 spiro atoms. The van der Waals surface area contributed by atoms with E-state index in [0.717, 1.165) is 11.3 Å². The third-order valence-electron chi connectivity index (χ3n) is 4.16. The second-order valence-corrected chi connectivity index (χ2v) is 7.40. The molecule has 0 aliphatic carbocycles. The van der Waals surface area contributed by atoms with Crippen LogP contribution in [0.25, 0.3) is 17.1 Å². The lowest BCUT2D eigenvalue weighted by Gasteiger charge is -2.14. The highest BCUT2D eigenvalue weighted by Gasteiger charge is 2.23. The average Bonchev–Trinajstić information content (AvgIpc) is 3.17. The second kappa shape index (κ2) is 9.47. The highest BCUT2D eigenvalue weighted by atomic mass is 32.2. The largest absolute Gasteiger partial charge is 0.497 e.